The Morgan fingerprint density at radius 2 is 1.33 bits per heavy atom. The van der Waals surface area contributed by atoms with Crippen LogP contribution in [-0.2, 0) is 39.9 Å². The van der Waals surface area contributed by atoms with E-state index in [4.69, 9.17) is 8.85 Å². The molecule has 0 bridgehead atoms. The zero-order valence-corrected chi connectivity index (χ0v) is 22.3. The summed E-state index contributed by atoms with van der Waals surface area (Å²) < 4.78 is 26.9. The van der Waals surface area contributed by atoms with Gasteiger partial charge in [-0.3, -0.25) is 4.21 Å². The smallest absolute Gasteiger partial charge is 0.199 e. The van der Waals surface area contributed by atoms with Crippen LogP contribution in [0.4, 0.5) is 0 Å². The first-order chi connectivity index (χ1) is 11.9. The van der Waals surface area contributed by atoms with Gasteiger partial charge in [0.25, 0.3) is 0 Å². The Kier molecular flexibility index (Phi) is 7.53. The third-order valence-corrected chi connectivity index (χ3v) is 16.1. The summed E-state index contributed by atoms with van der Waals surface area (Å²) in [6.45, 7) is 23.3. The van der Waals surface area contributed by atoms with Crippen LogP contribution in [0.15, 0.2) is 5.16 Å². The molecule has 0 fully saturated rings. The minimum atomic E-state index is -1.89. The molecule has 158 valence electrons. The van der Waals surface area contributed by atoms with Crippen LogP contribution < -0.4 is 0 Å². The molecule has 0 radical (unpaired) electrons. The van der Waals surface area contributed by atoms with Gasteiger partial charge in [0.05, 0.1) is 35.4 Å². The van der Waals surface area contributed by atoms with Gasteiger partial charge >= 0.3 is 0 Å². The number of rotatable bonds is 7. The van der Waals surface area contributed by atoms with Crippen LogP contribution in [0.1, 0.15) is 52.9 Å². The molecule has 0 saturated heterocycles. The summed E-state index contributed by atoms with van der Waals surface area (Å²) >= 11 is 0. The van der Waals surface area contributed by atoms with E-state index in [9.17, 15) is 4.21 Å². The standard InChI is InChI=1S/C19H40N2O3SSi2/c1-18(2,3)26(9,10)23-13-15-16(21(7)17(20-15)25(8)22)14-24-27(11,12)19(4,5)6/h13-14H2,1-12H3. The fourth-order valence-electron chi connectivity index (χ4n) is 2.05. The second kappa shape index (κ2) is 8.22. The van der Waals surface area contributed by atoms with Crippen molar-refractivity contribution >= 4 is 27.4 Å². The van der Waals surface area contributed by atoms with E-state index in [1.165, 1.54) is 0 Å². The van der Waals surface area contributed by atoms with Crippen molar-refractivity contribution in [2.24, 2.45) is 7.05 Å². The van der Waals surface area contributed by atoms with Gasteiger partial charge in [-0.1, -0.05) is 41.5 Å². The van der Waals surface area contributed by atoms with E-state index in [0.717, 1.165) is 11.4 Å². The van der Waals surface area contributed by atoms with E-state index in [-0.39, 0.29) is 10.1 Å². The number of hydrogen-bond donors (Lipinski definition) is 0. The topological polar surface area (TPSA) is 53.4 Å². The lowest BCUT2D eigenvalue weighted by Gasteiger charge is -2.37. The maximum absolute atomic E-state index is 12.1. The highest BCUT2D eigenvalue weighted by Crippen LogP contribution is 2.38. The highest BCUT2D eigenvalue weighted by atomic mass is 32.2. The van der Waals surface area contributed by atoms with Gasteiger partial charge < -0.3 is 13.4 Å². The fraction of sp³-hybridized carbons (Fsp3) is 0.842. The van der Waals surface area contributed by atoms with Crippen LogP contribution >= 0.6 is 0 Å². The van der Waals surface area contributed by atoms with Crippen molar-refractivity contribution in [2.75, 3.05) is 6.26 Å². The van der Waals surface area contributed by atoms with Crippen molar-refractivity contribution in [2.45, 2.75) is 96.2 Å². The second-order valence-corrected chi connectivity index (χ2v) is 21.3. The van der Waals surface area contributed by atoms with Crippen molar-refractivity contribution < 1.29 is 13.1 Å². The zero-order chi connectivity index (χ0) is 21.4. The van der Waals surface area contributed by atoms with Gasteiger partial charge in [0.1, 0.15) is 0 Å². The maximum Gasteiger partial charge on any atom is 0.199 e. The summed E-state index contributed by atoms with van der Waals surface area (Å²) in [5.41, 5.74) is 1.83. The first-order valence-electron chi connectivity index (χ1n) is 9.56. The molecule has 0 N–H and O–H groups in total. The average Bonchev–Trinajstić information content (AvgIpc) is 2.77. The van der Waals surface area contributed by atoms with Gasteiger partial charge in [0.15, 0.2) is 21.8 Å². The van der Waals surface area contributed by atoms with Crippen molar-refractivity contribution in [3.63, 3.8) is 0 Å². The molecule has 27 heavy (non-hydrogen) atoms. The molecule has 1 rings (SSSR count). The van der Waals surface area contributed by atoms with E-state index in [0.29, 0.717) is 18.4 Å². The summed E-state index contributed by atoms with van der Waals surface area (Å²) in [6, 6.07) is 0. The maximum atomic E-state index is 12.1. The Hall–Kier alpha value is -0.286. The lowest BCUT2D eigenvalue weighted by molar-refractivity contribution is 0.250. The highest BCUT2D eigenvalue weighted by Gasteiger charge is 2.39. The van der Waals surface area contributed by atoms with Crippen molar-refractivity contribution in [3.8, 4) is 0 Å². The van der Waals surface area contributed by atoms with Gasteiger partial charge in [0.2, 0.25) is 0 Å². The minimum absolute atomic E-state index is 0.135. The van der Waals surface area contributed by atoms with Gasteiger partial charge in [-0.15, -0.1) is 0 Å². The monoisotopic (exact) mass is 432 g/mol. The zero-order valence-electron chi connectivity index (χ0n) is 19.4. The predicted molar refractivity (Wildman–Crippen MR) is 120 cm³/mol. The second-order valence-electron chi connectivity index (χ2n) is 10.4. The predicted octanol–water partition coefficient (Wildman–Crippen LogP) is 5.20. The summed E-state index contributed by atoms with van der Waals surface area (Å²) in [4.78, 5) is 4.65. The summed E-state index contributed by atoms with van der Waals surface area (Å²) in [5, 5.41) is 0.855. The quantitative estimate of drug-likeness (QED) is 0.556. The molecular weight excluding hydrogens is 392 g/mol. The average molecular weight is 433 g/mol. The SMILES string of the molecule is Cn1c(S(C)=O)nc(CO[Si](C)(C)C(C)(C)C)c1CO[Si](C)(C)C(C)(C)C. The first-order valence-corrected chi connectivity index (χ1v) is 16.9. The third kappa shape index (κ3) is 5.85. The van der Waals surface area contributed by atoms with Gasteiger partial charge in [-0.05, 0) is 36.3 Å². The minimum Gasteiger partial charge on any atom is -0.411 e. The molecule has 1 unspecified atom stereocenters. The normalized spacial score (nSPS) is 15.3. The molecule has 8 heteroatoms. The third-order valence-electron chi connectivity index (χ3n) is 6.26. The van der Waals surface area contributed by atoms with Gasteiger partial charge in [0, 0.05) is 13.3 Å². The number of nitrogens with zero attached hydrogens (tertiary/aromatic N) is 2. The van der Waals surface area contributed by atoms with Crippen LogP contribution in [0.5, 0.6) is 0 Å². The molecule has 0 aliphatic rings. The molecule has 0 aliphatic carbocycles. The summed E-state index contributed by atoms with van der Waals surface area (Å²) in [6.07, 6.45) is 1.67. The molecule has 0 saturated carbocycles. The molecular formula is C19H40N2O3SSi2. The first kappa shape index (κ1) is 24.8. The number of hydrogen-bond acceptors (Lipinski definition) is 4. The van der Waals surface area contributed by atoms with E-state index < -0.39 is 27.4 Å². The van der Waals surface area contributed by atoms with Gasteiger partial charge in [-0.2, -0.15) is 0 Å². The molecule has 0 aliphatic heterocycles. The van der Waals surface area contributed by atoms with E-state index in [1.807, 2.05) is 11.6 Å². The molecule has 1 heterocycles. The Morgan fingerprint density at radius 1 is 0.926 bits per heavy atom. The van der Waals surface area contributed by atoms with Crippen molar-refractivity contribution in [1.82, 2.24) is 9.55 Å². The Bertz CT molecular complexity index is 686. The largest absolute Gasteiger partial charge is 0.411 e. The van der Waals surface area contributed by atoms with Crippen LogP contribution in [0.3, 0.4) is 0 Å². The Balaban J connectivity index is 3.15. The highest BCUT2D eigenvalue weighted by molar-refractivity contribution is 7.84. The van der Waals surface area contributed by atoms with Crippen LogP contribution in [0.2, 0.25) is 36.3 Å². The van der Waals surface area contributed by atoms with E-state index >= 15 is 0 Å². The number of imidazole rings is 1. The Morgan fingerprint density at radius 3 is 1.70 bits per heavy atom. The molecule has 1 aromatic rings. The van der Waals surface area contributed by atoms with E-state index in [2.05, 4.69) is 72.7 Å². The molecule has 0 amide bonds. The van der Waals surface area contributed by atoms with Crippen molar-refractivity contribution in [1.29, 1.82) is 0 Å². The molecule has 1 aromatic heterocycles. The lowest BCUT2D eigenvalue weighted by atomic mass is 10.2. The molecule has 1 atom stereocenters. The van der Waals surface area contributed by atoms with Crippen LogP contribution in [0, 0.1) is 0 Å². The van der Waals surface area contributed by atoms with Crippen LogP contribution in [-0.4, -0.2) is 36.7 Å². The molecule has 0 spiro atoms. The molecule has 5 nitrogen and oxygen atoms in total. The lowest BCUT2D eigenvalue weighted by Crippen LogP contribution is -2.41. The summed E-state index contributed by atoms with van der Waals surface area (Å²) in [5.74, 6) is 0. The Labute approximate surface area is 171 Å². The van der Waals surface area contributed by atoms with E-state index in [1.54, 1.807) is 6.26 Å². The molecule has 0 aromatic carbocycles. The number of aromatic nitrogens is 2. The fourth-order valence-corrected chi connectivity index (χ4v) is 4.64. The van der Waals surface area contributed by atoms with Crippen LogP contribution in [0.25, 0.3) is 0 Å². The van der Waals surface area contributed by atoms with Crippen molar-refractivity contribution in [3.05, 3.63) is 11.4 Å². The summed E-state index contributed by atoms with van der Waals surface area (Å²) in [7, 11) is -3.01. The van der Waals surface area contributed by atoms with Gasteiger partial charge in [-0.25, -0.2) is 4.98 Å².